The van der Waals surface area contributed by atoms with Gasteiger partial charge in [-0.2, -0.15) is 0 Å². The molecule has 1 nitrogen and oxygen atoms in total. The minimum Gasteiger partial charge on any atom is -0.297 e. The SMILES string of the molecule is C=Cc1ccc(C2=C(c3sc(C=O)cc3CCCCCC)CC(C)=C2)s1. The van der Waals surface area contributed by atoms with Gasteiger partial charge in [0, 0.05) is 14.6 Å². The highest BCUT2D eigenvalue weighted by molar-refractivity contribution is 7.15. The normalized spacial score (nSPS) is 14.0. The zero-order valence-electron chi connectivity index (χ0n) is 15.6. The van der Waals surface area contributed by atoms with E-state index in [1.807, 2.05) is 6.08 Å². The molecule has 0 atom stereocenters. The van der Waals surface area contributed by atoms with Gasteiger partial charge in [-0.05, 0) is 61.1 Å². The molecular formula is C23H26OS2. The fourth-order valence-corrected chi connectivity index (χ4v) is 5.46. The van der Waals surface area contributed by atoms with E-state index in [9.17, 15) is 4.79 Å². The lowest BCUT2D eigenvalue weighted by Crippen LogP contribution is -1.90. The van der Waals surface area contributed by atoms with Crippen LogP contribution in [0.4, 0.5) is 0 Å². The molecule has 0 bridgehead atoms. The van der Waals surface area contributed by atoms with Gasteiger partial charge in [-0.25, -0.2) is 0 Å². The van der Waals surface area contributed by atoms with E-state index in [-0.39, 0.29) is 0 Å². The molecule has 26 heavy (non-hydrogen) atoms. The topological polar surface area (TPSA) is 17.1 Å². The molecule has 0 fully saturated rings. The molecule has 2 heterocycles. The third-order valence-corrected chi connectivity index (χ3v) is 7.06. The van der Waals surface area contributed by atoms with Crippen molar-refractivity contribution in [1.29, 1.82) is 0 Å². The number of aldehydes is 1. The summed E-state index contributed by atoms with van der Waals surface area (Å²) in [5.41, 5.74) is 5.46. The highest BCUT2D eigenvalue weighted by atomic mass is 32.1. The second kappa shape index (κ2) is 8.79. The average molecular weight is 383 g/mol. The molecule has 0 spiro atoms. The Bertz CT molecular complexity index is 861. The van der Waals surface area contributed by atoms with Crippen molar-refractivity contribution in [3.8, 4) is 0 Å². The van der Waals surface area contributed by atoms with Gasteiger partial charge < -0.3 is 0 Å². The fraction of sp³-hybridized carbons (Fsp3) is 0.348. The van der Waals surface area contributed by atoms with Crippen LogP contribution >= 0.6 is 22.7 Å². The summed E-state index contributed by atoms with van der Waals surface area (Å²) in [4.78, 5) is 16.1. The van der Waals surface area contributed by atoms with E-state index >= 15 is 0 Å². The van der Waals surface area contributed by atoms with E-state index in [2.05, 4.69) is 44.7 Å². The van der Waals surface area contributed by atoms with Crippen molar-refractivity contribution in [2.45, 2.75) is 52.4 Å². The minimum atomic E-state index is 0.847. The maximum absolute atomic E-state index is 11.4. The Hall–Kier alpha value is -1.71. The minimum absolute atomic E-state index is 0.847. The number of thiophene rings is 2. The summed E-state index contributed by atoms with van der Waals surface area (Å²) in [5.74, 6) is 0. The summed E-state index contributed by atoms with van der Waals surface area (Å²) in [5, 5.41) is 0. The van der Waals surface area contributed by atoms with E-state index in [0.29, 0.717) is 0 Å². The first-order valence-corrected chi connectivity index (χ1v) is 11.0. The van der Waals surface area contributed by atoms with Crippen molar-refractivity contribution in [1.82, 2.24) is 0 Å². The molecule has 3 heteroatoms. The lowest BCUT2D eigenvalue weighted by atomic mass is 10.00. The summed E-state index contributed by atoms with van der Waals surface area (Å²) in [6.45, 7) is 8.32. The summed E-state index contributed by atoms with van der Waals surface area (Å²) in [7, 11) is 0. The van der Waals surface area contributed by atoms with Crippen molar-refractivity contribution in [2.24, 2.45) is 0 Å². The number of carbonyl (C=O) groups excluding carboxylic acids is 1. The maximum Gasteiger partial charge on any atom is 0.160 e. The molecule has 0 saturated carbocycles. The first-order valence-electron chi connectivity index (χ1n) is 9.37. The summed E-state index contributed by atoms with van der Waals surface area (Å²) in [6.07, 6.45) is 12.3. The van der Waals surface area contributed by atoms with Crippen molar-refractivity contribution in [2.75, 3.05) is 0 Å². The fourth-order valence-electron chi connectivity index (χ4n) is 3.48. The number of allylic oxidation sites excluding steroid dienone is 4. The van der Waals surface area contributed by atoms with Crippen LogP contribution in [-0.4, -0.2) is 6.29 Å². The van der Waals surface area contributed by atoms with Crippen LogP contribution in [-0.2, 0) is 6.42 Å². The zero-order chi connectivity index (χ0) is 18.5. The third-order valence-electron chi connectivity index (χ3n) is 4.78. The van der Waals surface area contributed by atoms with Crippen molar-refractivity contribution >= 4 is 46.2 Å². The highest BCUT2D eigenvalue weighted by Gasteiger charge is 2.22. The van der Waals surface area contributed by atoms with Gasteiger partial charge in [0.15, 0.2) is 6.29 Å². The lowest BCUT2D eigenvalue weighted by Gasteiger charge is -2.08. The molecule has 1 aliphatic carbocycles. The van der Waals surface area contributed by atoms with Gasteiger partial charge in [-0.3, -0.25) is 4.79 Å². The van der Waals surface area contributed by atoms with Crippen molar-refractivity contribution in [3.63, 3.8) is 0 Å². The van der Waals surface area contributed by atoms with Crippen molar-refractivity contribution < 1.29 is 4.79 Å². The molecule has 2 aromatic rings. The van der Waals surface area contributed by atoms with Gasteiger partial charge in [-0.15, -0.1) is 22.7 Å². The molecule has 0 radical (unpaired) electrons. The first kappa shape index (κ1) is 19.1. The predicted molar refractivity (Wildman–Crippen MR) is 117 cm³/mol. The van der Waals surface area contributed by atoms with Crippen LogP contribution in [0.15, 0.2) is 36.4 Å². The highest BCUT2D eigenvalue weighted by Crippen LogP contribution is 2.44. The second-order valence-corrected chi connectivity index (χ2v) is 9.10. The number of rotatable bonds is 9. The van der Waals surface area contributed by atoms with Crippen molar-refractivity contribution in [3.05, 3.63) is 61.5 Å². The van der Waals surface area contributed by atoms with E-state index in [0.717, 1.165) is 24.0 Å². The molecular weight excluding hydrogens is 356 g/mol. The molecule has 136 valence electrons. The predicted octanol–water partition coefficient (Wildman–Crippen LogP) is 7.65. The number of aryl methyl sites for hydroxylation is 1. The lowest BCUT2D eigenvalue weighted by molar-refractivity contribution is 0.112. The van der Waals surface area contributed by atoms with Gasteiger partial charge in [0.05, 0.1) is 4.88 Å². The van der Waals surface area contributed by atoms with Gasteiger partial charge >= 0.3 is 0 Å². The van der Waals surface area contributed by atoms with Gasteiger partial charge in [-0.1, -0.05) is 50.5 Å². The van der Waals surface area contributed by atoms with E-state index in [4.69, 9.17) is 0 Å². The van der Waals surface area contributed by atoms with Gasteiger partial charge in [0.2, 0.25) is 0 Å². The second-order valence-electron chi connectivity index (χ2n) is 6.90. The van der Waals surface area contributed by atoms with Crippen LogP contribution < -0.4 is 0 Å². The molecule has 0 aliphatic heterocycles. The molecule has 0 aromatic carbocycles. The van der Waals surface area contributed by atoms with E-state index in [1.54, 1.807) is 22.7 Å². The quantitative estimate of drug-likeness (QED) is 0.321. The molecule has 0 amide bonds. The first-order chi connectivity index (χ1) is 12.7. The van der Waals surface area contributed by atoms with Gasteiger partial charge in [0.25, 0.3) is 0 Å². The summed E-state index contributed by atoms with van der Waals surface area (Å²) in [6, 6.07) is 6.44. The molecule has 3 rings (SSSR count). The maximum atomic E-state index is 11.4. The molecule has 2 aromatic heterocycles. The standard InChI is InChI=1S/C23H26OS2/c1-4-6-7-8-9-17-14-19(15-24)26-23(17)21-13-16(3)12-20(21)22-11-10-18(5-2)25-22/h5,10-12,14-15H,2,4,6-9,13H2,1,3H3. The van der Waals surface area contributed by atoms with Crippen LogP contribution in [0.2, 0.25) is 0 Å². The number of hydrogen-bond donors (Lipinski definition) is 0. The van der Waals surface area contributed by atoms with Crippen LogP contribution in [0.1, 0.15) is 75.8 Å². The average Bonchev–Trinajstić information content (AvgIpc) is 3.35. The largest absolute Gasteiger partial charge is 0.297 e. The smallest absolute Gasteiger partial charge is 0.160 e. The van der Waals surface area contributed by atoms with Gasteiger partial charge in [0.1, 0.15) is 0 Å². The number of hydrogen-bond acceptors (Lipinski definition) is 3. The Morgan fingerprint density at radius 3 is 2.69 bits per heavy atom. The molecule has 1 aliphatic rings. The zero-order valence-corrected chi connectivity index (χ0v) is 17.3. The van der Waals surface area contributed by atoms with Crippen LogP contribution in [0.25, 0.3) is 17.2 Å². The molecule has 0 N–H and O–H groups in total. The van der Waals surface area contributed by atoms with E-state index < -0.39 is 0 Å². The Kier molecular flexibility index (Phi) is 6.44. The third kappa shape index (κ3) is 4.16. The number of unbranched alkanes of at least 4 members (excludes halogenated alkanes) is 3. The van der Waals surface area contributed by atoms with Crippen LogP contribution in [0, 0.1) is 0 Å². The summed E-state index contributed by atoms with van der Waals surface area (Å²) >= 11 is 3.45. The Morgan fingerprint density at radius 1 is 1.15 bits per heavy atom. The van der Waals surface area contributed by atoms with Crippen LogP contribution in [0.5, 0.6) is 0 Å². The van der Waals surface area contributed by atoms with Crippen LogP contribution in [0.3, 0.4) is 0 Å². The number of carbonyl (C=O) groups is 1. The van der Waals surface area contributed by atoms with E-state index in [1.165, 1.54) is 62.6 Å². The Balaban J connectivity index is 1.97. The molecule has 0 unspecified atom stereocenters. The Morgan fingerprint density at radius 2 is 2.00 bits per heavy atom. The Labute approximate surface area is 164 Å². The monoisotopic (exact) mass is 382 g/mol. The summed E-state index contributed by atoms with van der Waals surface area (Å²) < 4.78 is 0. The molecule has 0 saturated heterocycles.